The fourth-order valence-corrected chi connectivity index (χ4v) is 3.36. The van der Waals surface area contributed by atoms with Gasteiger partial charge in [0.05, 0.1) is 6.20 Å². The second kappa shape index (κ2) is 4.69. The van der Waals surface area contributed by atoms with Gasteiger partial charge in [-0.1, -0.05) is 0 Å². The number of fused-ring (bicyclic) bond motifs is 2. The van der Waals surface area contributed by atoms with Crippen LogP contribution in [0.4, 0.5) is 5.82 Å². The number of aryl methyl sites for hydroxylation is 1. The zero-order valence-electron chi connectivity index (χ0n) is 10.5. The molecule has 2 aliphatic rings. The standard InChI is InChI=1S/C13H22N4/c1-17-13(5-7-15-17)14-6-4-10-8-11-2-3-12(9-10)16-11/h5,7,10-12,14,16H,2-4,6,8-9H2,1H3. The average Bonchev–Trinajstić information content (AvgIpc) is 2.86. The van der Waals surface area contributed by atoms with E-state index < -0.39 is 0 Å². The summed E-state index contributed by atoms with van der Waals surface area (Å²) in [6.45, 7) is 1.07. The maximum atomic E-state index is 4.16. The van der Waals surface area contributed by atoms with Gasteiger partial charge < -0.3 is 10.6 Å². The third-order valence-corrected chi connectivity index (χ3v) is 4.25. The largest absolute Gasteiger partial charge is 0.370 e. The lowest BCUT2D eigenvalue weighted by atomic mass is 9.90. The molecule has 0 aromatic carbocycles. The van der Waals surface area contributed by atoms with Crippen molar-refractivity contribution < 1.29 is 0 Å². The molecule has 2 atom stereocenters. The Hall–Kier alpha value is -1.03. The number of hydrogen-bond acceptors (Lipinski definition) is 3. The van der Waals surface area contributed by atoms with Gasteiger partial charge >= 0.3 is 0 Å². The number of aromatic nitrogens is 2. The first-order valence-electron chi connectivity index (χ1n) is 6.79. The molecule has 4 heteroatoms. The minimum absolute atomic E-state index is 0.815. The zero-order chi connectivity index (χ0) is 11.7. The summed E-state index contributed by atoms with van der Waals surface area (Å²) in [5.41, 5.74) is 0. The summed E-state index contributed by atoms with van der Waals surface area (Å²) in [7, 11) is 1.98. The monoisotopic (exact) mass is 234 g/mol. The molecule has 2 fully saturated rings. The third-order valence-electron chi connectivity index (χ3n) is 4.25. The average molecular weight is 234 g/mol. The van der Waals surface area contributed by atoms with Crippen LogP contribution < -0.4 is 10.6 Å². The van der Waals surface area contributed by atoms with Crippen LogP contribution in [0, 0.1) is 5.92 Å². The highest BCUT2D eigenvalue weighted by Crippen LogP contribution is 2.32. The van der Waals surface area contributed by atoms with Crippen LogP contribution in [0.5, 0.6) is 0 Å². The predicted molar refractivity (Wildman–Crippen MR) is 69.0 cm³/mol. The molecular weight excluding hydrogens is 212 g/mol. The summed E-state index contributed by atoms with van der Waals surface area (Å²) in [6, 6.07) is 3.66. The van der Waals surface area contributed by atoms with Crippen LogP contribution in [0.2, 0.25) is 0 Å². The number of nitrogens with zero attached hydrogens (tertiary/aromatic N) is 2. The number of piperidine rings is 1. The van der Waals surface area contributed by atoms with Gasteiger partial charge in [-0.05, 0) is 38.0 Å². The Kier molecular flexibility index (Phi) is 3.05. The molecule has 2 bridgehead atoms. The fourth-order valence-electron chi connectivity index (χ4n) is 3.36. The van der Waals surface area contributed by atoms with Crippen molar-refractivity contribution in [2.75, 3.05) is 11.9 Å². The molecule has 0 amide bonds. The van der Waals surface area contributed by atoms with E-state index in [4.69, 9.17) is 0 Å². The molecule has 0 radical (unpaired) electrons. The first-order valence-corrected chi connectivity index (χ1v) is 6.79. The molecule has 0 aliphatic carbocycles. The lowest BCUT2D eigenvalue weighted by molar-refractivity contribution is 0.290. The Balaban J connectivity index is 1.44. The number of anilines is 1. The van der Waals surface area contributed by atoms with E-state index in [1.807, 2.05) is 24.0 Å². The molecule has 2 saturated heterocycles. The quantitative estimate of drug-likeness (QED) is 0.834. The van der Waals surface area contributed by atoms with Gasteiger partial charge in [0.2, 0.25) is 0 Å². The van der Waals surface area contributed by atoms with Crippen molar-refractivity contribution in [3.05, 3.63) is 12.3 Å². The van der Waals surface area contributed by atoms with E-state index >= 15 is 0 Å². The SMILES string of the molecule is Cn1nccc1NCCC1CC2CCC(C1)N2. The summed E-state index contributed by atoms with van der Waals surface area (Å²) < 4.78 is 1.89. The molecule has 4 nitrogen and oxygen atoms in total. The summed E-state index contributed by atoms with van der Waals surface area (Å²) in [4.78, 5) is 0. The first-order chi connectivity index (χ1) is 8.31. The van der Waals surface area contributed by atoms with Crippen LogP contribution >= 0.6 is 0 Å². The van der Waals surface area contributed by atoms with Crippen LogP contribution in [-0.4, -0.2) is 28.4 Å². The maximum absolute atomic E-state index is 4.16. The maximum Gasteiger partial charge on any atom is 0.123 e. The van der Waals surface area contributed by atoms with Gasteiger partial charge in [-0.15, -0.1) is 0 Å². The van der Waals surface area contributed by atoms with Gasteiger partial charge in [-0.2, -0.15) is 5.10 Å². The third kappa shape index (κ3) is 2.46. The van der Waals surface area contributed by atoms with Crippen LogP contribution in [0.25, 0.3) is 0 Å². The van der Waals surface area contributed by atoms with Crippen molar-refractivity contribution in [2.24, 2.45) is 13.0 Å². The molecule has 94 valence electrons. The molecule has 3 rings (SSSR count). The van der Waals surface area contributed by atoms with Crippen molar-refractivity contribution in [1.29, 1.82) is 0 Å². The van der Waals surface area contributed by atoms with Crippen molar-refractivity contribution in [3.63, 3.8) is 0 Å². The molecule has 2 N–H and O–H groups in total. The number of hydrogen-bond donors (Lipinski definition) is 2. The van der Waals surface area contributed by atoms with Gasteiger partial charge in [0.25, 0.3) is 0 Å². The fraction of sp³-hybridized carbons (Fsp3) is 0.769. The van der Waals surface area contributed by atoms with Gasteiger partial charge in [0.1, 0.15) is 5.82 Å². The van der Waals surface area contributed by atoms with E-state index in [0.29, 0.717) is 0 Å². The Morgan fingerprint density at radius 2 is 2.18 bits per heavy atom. The van der Waals surface area contributed by atoms with E-state index in [0.717, 1.165) is 30.4 Å². The highest BCUT2D eigenvalue weighted by atomic mass is 15.3. The molecule has 17 heavy (non-hydrogen) atoms. The second-order valence-corrected chi connectivity index (χ2v) is 5.53. The van der Waals surface area contributed by atoms with E-state index in [2.05, 4.69) is 15.7 Å². The van der Waals surface area contributed by atoms with Gasteiger partial charge in [0, 0.05) is 31.7 Å². The van der Waals surface area contributed by atoms with Crippen LogP contribution in [-0.2, 0) is 7.05 Å². The normalized spacial score (nSPS) is 31.7. The predicted octanol–water partition coefficient (Wildman–Crippen LogP) is 1.75. The Bertz CT molecular complexity index is 361. The first kappa shape index (κ1) is 11.1. The van der Waals surface area contributed by atoms with Gasteiger partial charge in [0.15, 0.2) is 0 Å². The van der Waals surface area contributed by atoms with Crippen LogP contribution in [0.1, 0.15) is 32.1 Å². The second-order valence-electron chi connectivity index (χ2n) is 5.53. The molecule has 0 spiro atoms. The highest BCUT2D eigenvalue weighted by Gasteiger charge is 2.32. The van der Waals surface area contributed by atoms with E-state index in [-0.39, 0.29) is 0 Å². The summed E-state index contributed by atoms with van der Waals surface area (Å²) in [5, 5.41) is 11.3. The van der Waals surface area contributed by atoms with Gasteiger partial charge in [-0.25, -0.2) is 0 Å². The zero-order valence-corrected chi connectivity index (χ0v) is 10.5. The Labute approximate surface area is 103 Å². The molecule has 3 heterocycles. The summed E-state index contributed by atoms with van der Waals surface area (Å²) >= 11 is 0. The molecule has 2 aliphatic heterocycles. The molecule has 1 aromatic heterocycles. The molecule has 1 aromatic rings. The molecular formula is C13H22N4. The van der Waals surface area contributed by atoms with E-state index in [1.54, 1.807) is 0 Å². The van der Waals surface area contributed by atoms with Crippen LogP contribution in [0.15, 0.2) is 12.3 Å². The molecule has 2 unspecified atom stereocenters. The smallest absolute Gasteiger partial charge is 0.123 e. The van der Waals surface area contributed by atoms with E-state index in [1.165, 1.54) is 32.1 Å². The minimum Gasteiger partial charge on any atom is -0.370 e. The lowest BCUT2D eigenvalue weighted by Gasteiger charge is -2.29. The van der Waals surface area contributed by atoms with Crippen molar-refractivity contribution in [2.45, 2.75) is 44.2 Å². The number of rotatable bonds is 4. The van der Waals surface area contributed by atoms with Crippen molar-refractivity contribution >= 4 is 5.82 Å². The Morgan fingerprint density at radius 3 is 2.82 bits per heavy atom. The summed E-state index contributed by atoms with van der Waals surface area (Å²) in [5.74, 6) is 2.04. The van der Waals surface area contributed by atoms with E-state index in [9.17, 15) is 0 Å². The molecule has 0 saturated carbocycles. The summed E-state index contributed by atoms with van der Waals surface area (Å²) in [6.07, 6.45) is 8.69. The van der Waals surface area contributed by atoms with Crippen molar-refractivity contribution in [1.82, 2.24) is 15.1 Å². The highest BCUT2D eigenvalue weighted by molar-refractivity contribution is 5.33. The lowest BCUT2D eigenvalue weighted by Crippen LogP contribution is -2.38. The number of nitrogens with one attached hydrogen (secondary N) is 2. The topological polar surface area (TPSA) is 41.9 Å². The minimum atomic E-state index is 0.815. The van der Waals surface area contributed by atoms with Gasteiger partial charge in [-0.3, -0.25) is 4.68 Å². The van der Waals surface area contributed by atoms with Crippen LogP contribution in [0.3, 0.4) is 0 Å². The van der Waals surface area contributed by atoms with Crippen molar-refractivity contribution in [3.8, 4) is 0 Å². The Morgan fingerprint density at radius 1 is 1.41 bits per heavy atom.